The standard InChI is InChI=1S/C12H15BrN4O2S/c1-7-3-4-10(9(13)5-7)17-20(18,19)12-8(2)15-16-11(12)6-14/h3-5,17H,6,14H2,1-2H3,(H,15,16). The van der Waals surface area contributed by atoms with Crippen molar-refractivity contribution in [1.29, 1.82) is 0 Å². The smallest absolute Gasteiger partial charge is 0.265 e. The molecule has 1 heterocycles. The highest BCUT2D eigenvalue weighted by Crippen LogP contribution is 2.27. The largest absolute Gasteiger partial charge is 0.325 e. The number of aromatic amines is 1. The lowest BCUT2D eigenvalue weighted by Crippen LogP contribution is -2.16. The highest BCUT2D eigenvalue weighted by atomic mass is 79.9. The molecule has 0 amide bonds. The van der Waals surface area contributed by atoms with Gasteiger partial charge in [0.2, 0.25) is 0 Å². The number of rotatable bonds is 4. The molecule has 20 heavy (non-hydrogen) atoms. The minimum absolute atomic E-state index is 0.0512. The van der Waals surface area contributed by atoms with E-state index < -0.39 is 10.0 Å². The van der Waals surface area contributed by atoms with Gasteiger partial charge < -0.3 is 5.73 Å². The van der Waals surface area contributed by atoms with Crippen molar-refractivity contribution in [1.82, 2.24) is 10.2 Å². The predicted molar refractivity (Wildman–Crippen MR) is 80.9 cm³/mol. The molecule has 0 fully saturated rings. The van der Waals surface area contributed by atoms with Crippen molar-refractivity contribution in [3.05, 3.63) is 39.6 Å². The molecule has 2 aromatic rings. The Morgan fingerprint density at radius 2 is 2.10 bits per heavy atom. The van der Waals surface area contributed by atoms with Crippen LogP contribution in [0.25, 0.3) is 0 Å². The van der Waals surface area contributed by atoms with Crippen molar-refractivity contribution >= 4 is 31.6 Å². The third kappa shape index (κ3) is 2.87. The predicted octanol–water partition coefficient (Wildman–Crippen LogP) is 2.05. The summed E-state index contributed by atoms with van der Waals surface area (Å²) in [6.45, 7) is 3.62. The van der Waals surface area contributed by atoms with Gasteiger partial charge in [-0.2, -0.15) is 5.10 Å². The zero-order valence-corrected chi connectivity index (χ0v) is 13.5. The summed E-state index contributed by atoms with van der Waals surface area (Å²) in [5.41, 5.74) is 7.80. The monoisotopic (exact) mass is 358 g/mol. The summed E-state index contributed by atoms with van der Waals surface area (Å²) in [5.74, 6) is 0. The Morgan fingerprint density at radius 1 is 1.40 bits per heavy atom. The zero-order chi connectivity index (χ0) is 14.9. The molecule has 1 aromatic carbocycles. The van der Waals surface area contributed by atoms with Crippen LogP contribution in [0.4, 0.5) is 5.69 Å². The molecule has 0 radical (unpaired) electrons. The lowest BCUT2D eigenvalue weighted by atomic mass is 10.2. The number of hydrogen-bond donors (Lipinski definition) is 3. The second-order valence-corrected chi connectivity index (χ2v) is 6.89. The lowest BCUT2D eigenvalue weighted by Gasteiger charge is -2.10. The molecule has 4 N–H and O–H groups in total. The Kier molecular flexibility index (Phi) is 4.17. The fourth-order valence-electron chi connectivity index (χ4n) is 1.86. The van der Waals surface area contributed by atoms with Crippen molar-refractivity contribution in [3.63, 3.8) is 0 Å². The van der Waals surface area contributed by atoms with Gasteiger partial charge in [-0.15, -0.1) is 0 Å². The van der Waals surface area contributed by atoms with Gasteiger partial charge in [0.15, 0.2) is 0 Å². The first kappa shape index (κ1) is 15.0. The highest BCUT2D eigenvalue weighted by Gasteiger charge is 2.24. The molecule has 108 valence electrons. The molecule has 8 heteroatoms. The van der Waals surface area contributed by atoms with Crippen LogP contribution in [-0.4, -0.2) is 18.6 Å². The van der Waals surface area contributed by atoms with E-state index in [4.69, 9.17) is 5.73 Å². The maximum atomic E-state index is 12.5. The number of nitrogens with zero attached hydrogens (tertiary/aromatic N) is 1. The van der Waals surface area contributed by atoms with E-state index in [-0.39, 0.29) is 11.4 Å². The average molecular weight is 359 g/mol. The van der Waals surface area contributed by atoms with E-state index in [0.717, 1.165) is 5.56 Å². The maximum Gasteiger partial charge on any atom is 0.265 e. The van der Waals surface area contributed by atoms with Crippen LogP contribution in [0.3, 0.4) is 0 Å². The topological polar surface area (TPSA) is 101 Å². The van der Waals surface area contributed by atoms with Gasteiger partial charge in [-0.3, -0.25) is 9.82 Å². The molecule has 6 nitrogen and oxygen atoms in total. The minimum Gasteiger partial charge on any atom is -0.325 e. The Hall–Kier alpha value is -1.38. The lowest BCUT2D eigenvalue weighted by molar-refractivity contribution is 0.599. The summed E-state index contributed by atoms with van der Waals surface area (Å²) in [6, 6.07) is 5.37. The summed E-state index contributed by atoms with van der Waals surface area (Å²) >= 11 is 3.34. The number of sulfonamides is 1. The van der Waals surface area contributed by atoms with Gasteiger partial charge >= 0.3 is 0 Å². The van der Waals surface area contributed by atoms with Crippen LogP contribution in [0.15, 0.2) is 27.6 Å². The summed E-state index contributed by atoms with van der Waals surface area (Å²) in [5, 5.41) is 6.54. The minimum atomic E-state index is -3.73. The van der Waals surface area contributed by atoms with Crippen molar-refractivity contribution in [2.24, 2.45) is 5.73 Å². The van der Waals surface area contributed by atoms with E-state index in [0.29, 0.717) is 21.5 Å². The number of aromatic nitrogens is 2. The van der Waals surface area contributed by atoms with Gasteiger partial charge in [-0.05, 0) is 47.5 Å². The third-order valence-electron chi connectivity index (χ3n) is 2.79. The number of benzene rings is 1. The maximum absolute atomic E-state index is 12.5. The summed E-state index contributed by atoms with van der Waals surface area (Å²) in [4.78, 5) is 0.104. The molecule has 2 rings (SSSR count). The van der Waals surface area contributed by atoms with Crippen LogP contribution in [0, 0.1) is 13.8 Å². The van der Waals surface area contributed by atoms with Crippen LogP contribution in [0.1, 0.15) is 17.0 Å². The number of aryl methyl sites for hydroxylation is 2. The van der Waals surface area contributed by atoms with E-state index in [1.54, 1.807) is 13.0 Å². The van der Waals surface area contributed by atoms with Crippen LogP contribution in [0.5, 0.6) is 0 Å². The van der Waals surface area contributed by atoms with E-state index >= 15 is 0 Å². The van der Waals surface area contributed by atoms with E-state index in [9.17, 15) is 8.42 Å². The average Bonchev–Trinajstić information content (AvgIpc) is 2.75. The first-order valence-electron chi connectivity index (χ1n) is 5.88. The molecule has 0 aliphatic carbocycles. The van der Waals surface area contributed by atoms with E-state index in [2.05, 4.69) is 30.8 Å². The van der Waals surface area contributed by atoms with Crippen LogP contribution < -0.4 is 10.5 Å². The third-order valence-corrected chi connectivity index (χ3v) is 5.02. The SMILES string of the molecule is Cc1ccc(NS(=O)(=O)c2c(CN)n[nH]c2C)c(Br)c1. The van der Waals surface area contributed by atoms with Crippen molar-refractivity contribution in [2.75, 3.05) is 4.72 Å². The number of H-pyrrole nitrogens is 1. The second-order valence-electron chi connectivity index (χ2n) is 4.42. The first-order valence-corrected chi connectivity index (χ1v) is 8.15. The molecule has 0 aliphatic heterocycles. The van der Waals surface area contributed by atoms with Gasteiger partial charge in [-0.25, -0.2) is 8.42 Å². The quantitative estimate of drug-likeness (QED) is 0.778. The summed E-state index contributed by atoms with van der Waals surface area (Å²) in [6.07, 6.45) is 0. The van der Waals surface area contributed by atoms with Gasteiger partial charge in [0.1, 0.15) is 4.90 Å². The van der Waals surface area contributed by atoms with Crippen molar-refractivity contribution in [2.45, 2.75) is 25.3 Å². The van der Waals surface area contributed by atoms with Crippen molar-refractivity contribution in [3.8, 4) is 0 Å². The molecule has 0 spiro atoms. The van der Waals surface area contributed by atoms with E-state index in [1.807, 2.05) is 19.1 Å². The Morgan fingerprint density at radius 3 is 2.70 bits per heavy atom. The molecule has 0 bridgehead atoms. The number of nitrogens with two attached hydrogens (primary N) is 1. The molecule has 0 saturated heterocycles. The molecule has 0 aliphatic rings. The molecule has 0 saturated carbocycles. The molecule has 0 atom stereocenters. The number of anilines is 1. The van der Waals surface area contributed by atoms with Gasteiger partial charge in [-0.1, -0.05) is 6.07 Å². The molecule has 1 aromatic heterocycles. The fourth-order valence-corrected chi connectivity index (χ4v) is 4.04. The Balaban J connectivity index is 2.43. The first-order chi connectivity index (χ1) is 9.35. The normalized spacial score (nSPS) is 11.6. The summed E-state index contributed by atoms with van der Waals surface area (Å²) in [7, 11) is -3.73. The Labute approximate surface area is 125 Å². The van der Waals surface area contributed by atoms with Gasteiger partial charge in [0.05, 0.1) is 17.1 Å². The fraction of sp³-hybridized carbons (Fsp3) is 0.250. The van der Waals surface area contributed by atoms with E-state index in [1.165, 1.54) is 0 Å². The summed E-state index contributed by atoms with van der Waals surface area (Å²) < 4.78 is 28.1. The van der Waals surface area contributed by atoms with Crippen LogP contribution in [0.2, 0.25) is 0 Å². The van der Waals surface area contributed by atoms with Crippen LogP contribution in [-0.2, 0) is 16.6 Å². The van der Waals surface area contributed by atoms with Gasteiger partial charge in [0.25, 0.3) is 10.0 Å². The number of halogens is 1. The number of nitrogens with one attached hydrogen (secondary N) is 2. The molecular formula is C12H15BrN4O2S. The molecule has 0 unspecified atom stereocenters. The Bertz CT molecular complexity index is 740. The second kappa shape index (κ2) is 5.55. The molecular weight excluding hydrogens is 344 g/mol. The van der Waals surface area contributed by atoms with Crippen molar-refractivity contribution < 1.29 is 8.42 Å². The van der Waals surface area contributed by atoms with Gasteiger partial charge in [0, 0.05) is 11.0 Å². The van der Waals surface area contributed by atoms with Crippen LogP contribution >= 0.6 is 15.9 Å². The zero-order valence-electron chi connectivity index (χ0n) is 11.1. The number of hydrogen-bond acceptors (Lipinski definition) is 4. The highest BCUT2D eigenvalue weighted by molar-refractivity contribution is 9.10.